The lowest BCUT2D eigenvalue weighted by atomic mass is 10.1. The van der Waals surface area contributed by atoms with Crippen LogP contribution in [0.15, 0.2) is 78.9 Å². The Morgan fingerprint density at radius 1 is 0.867 bits per heavy atom. The minimum Gasteiger partial charge on any atom is -0.497 e. The first-order valence-electron chi connectivity index (χ1n) is 9.12. The summed E-state index contributed by atoms with van der Waals surface area (Å²) in [6, 6.07) is 22.6. The molecule has 0 saturated heterocycles. The molecule has 0 aliphatic rings. The molecule has 0 aliphatic heterocycles. The van der Waals surface area contributed by atoms with E-state index in [-0.39, 0.29) is 11.8 Å². The molecule has 3 rings (SSSR count). The maximum Gasteiger partial charge on any atom is 0.255 e. The van der Waals surface area contributed by atoms with Crippen LogP contribution < -0.4 is 15.4 Å². The Kier molecular flexibility index (Phi) is 6.59. The summed E-state index contributed by atoms with van der Waals surface area (Å²) in [6.45, 7) is 0. The van der Waals surface area contributed by atoms with Gasteiger partial charge in [-0.1, -0.05) is 12.1 Å². The fraction of sp³-hybridized carbons (Fsp3) is 0.0417. The summed E-state index contributed by atoms with van der Waals surface area (Å²) in [5.41, 5.74) is 3.08. The van der Waals surface area contributed by atoms with Crippen LogP contribution in [0.4, 0.5) is 11.4 Å². The monoisotopic (exact) mass is 397 g/mol. The van der Waals surface area contributed by atoms with Gasteiger partial charge in [0.2, 0.25) is 5.91 Å². The van der Waals surface area contributed by atoms with Gasteiger partial charge in [0.05, 0.1) is 18.7 Å². The van der Waals surface area contributed by atoms with E-state index in [9.17, 15) is 9.59 Å². The van der Waals surface area contributed by atoms with Gasteiger partial charge in [-0.05, 0) is 72.3 Å². The Balaban J connectivity index is 1.56. The zero-order chi connectivity index (χ0) is 21.3. The number of hydrogen-bond acceptors (Lipinski definition) is 4. The number of rotatable bonds is 6. The van der Waals surface area contributed by atoms with Crippen molar-refractivity contribution in [2.24, 2.45) is 0 Å². The van der Waals surface area contributed by atoms with Crippen molar-refractivity contribution in [1.29, 1.82) is 5.26 Å². The van der Waals surface area contributed by atoms with E-state index >= 15 is 0 Å². The largest absolute Gasteiger partial charge is 0.497 e. The van der Waals surface area contributed by atoms with Gasteiger partial charge in [0.25, 0.3) is 5.91 Å². The Morgan fingerprint density at radius 2 is 1.47 bits per heavy atom. The second-order valence-corrected chi connectivity index (χ2v) is 6.32. The van der Waals surface area contributed by atoms with Crippen molar-refractivity contribution in [2.75, 3.05) is 17.7 Å². The highest BCUT2D eigenvalue weighted by Gasteiger charge is 2.07. The lowest BCUT2D eigenvalue weighted by Gasteiger charge is -2.07. The van der Waals surface area contributed by atoms with Crippen LogP contribution in [0.3, 0.4) is 0 Å². The molecule has 3 aromatic carbocycles. The SMILES string of the molecule is COc1ccc(NC(=O)c2ccc(NC(=O)/C=C/c3ccc(C#N)cc3)cc2)cc1. The lowest BCUT2D eigenvalue weighted by Crippen LogP contribution is -2.12. The van der Waals surface area contributed by atoms with Gasteiger partial charge in [-0.25, -0.2) is 0 Å². The van der Waals surface area contributed by atoms with Gasteiger partial charge in [-0.2, -0.15) is 5.26 Å². The zero-order valence-corrected chi connectivity index (χ0v) is 16.3. The summed E-state index contributed by atoms with van der Waals surface area (Å²) in [6.07, 6.45) is 3.07. The number of nitriles is 1. The van der Waals surface area contributed by atoms with Crippen molar-refractivity contribution in [3.63, 3.8) is 0 Å². The van der Waals surface area contributed by atoms with Crippen LogP contribution >= 0.6 is 0 Å². The van der Waals surface area contributed by atoms with E-state index < -0.39 is 0 Å². The van der Waals surface area contributed by atoms with E-state index in [2.05, 4.69) is 10.6 Å². The number of hydrogen-bond donors (Lipinski definition) is 2. The van der Waals surface area contributed by atoms with Crippen molar-refractivity contribution in [3.8, 4) is 11.8 Å². The van der Waals surface area contributed by atoms with Crippen LogP contribution in [0.5, 0.6) is 5.75 Å². The quantitative estimate of drug-likeness (QED) is 0.600. The molecule has 0 radical (unpaired) electrons. The normalized spacial score (nSPS) is 10.3. The number of carbonyl (C=O) groups excluding carboxylic acids is 2. The van der Waals surface area contributed by atoms with E-state index in [1.54, 1.807) is 86.0 Å². The van der Waals surface area contributed by atoms with Crippen molar-refractivity contribution >= 4 is 29.3 Å². The Morgan fingerprint density at radius 3 is 2.07 bits per heavy atom. The molecule has 0 aromatic heterocycles. The van der Waals surface area contributed by atoms with E-state index in [4.69, 9.17) is 10.00 Å². The first kappa shape index (κ1) is 20.4. The van der Waals surface area contributed by atoms with E-state index in [1.807, 2.05) is 6.07 Å². The number of methoxy groups -OCH3 is 1. The summed E-state index contributed by atoms with van der Waals surface area (Å²) < 4.78 is 5.09. The van der Waals surface area contributed by atoms with Crippen LogP contribution in [-0.2, 0) is 4.79 Å². The summed E-state index contributed by atoms with van der Waals surface area (Å²) in [5, 5.41) is 14.3. The fourth-order valence-corrected chi connectivity index (χ4v) is 2.61. The molecule has 0 bridgehead atoms. The van der Waals surface area contributed by atoms with Gasteiger partial charge in [0.15, 0.2) is 0 Å². The predicted octanol–water partition coefficient (Wildman–Crippen LogP) is 4.47. The van der Waals surface area contributed by atoms with Crippen LogP contribution in [0.25, 0.3) is 6.08 Å². The molecule has 0 aliphatic carbocycles. The third-order valence-corrected chi connectivity index (χ3v) is 4.23. The Labute approximate surface area is 174 Å². The highest BCUT2D eigenvalue weighted by Crippen LogP contribution is 2.17. The first-order chi connectivity index (χ1) is 14.6. The molecule has 0 spiro atoms. The highest BCUT2D eigenvalue weighted by molar-refractivity contribution is 6.05. The lowest BCUT2D eigenvalue weighted by molar-refractivity contribution is -0.111. The summed E-state index contributed by atoms with van der Waals surface area (Å²) >= 11 is 0. The van der Waals surface area contributed by atoms with Gasteiger partial charge < -0.3 is 15.4 Å². The van der Waals surface area contributed by atoms with Crippen molar-refractivity contribution in [3.05, 3.63) is 95.6 Å². The van der Waals surface area contributed by atoms with Crippen LogP contribution in [0.2, 0.25) is 0 Å². The van der Waals surface area contributed by atoms with Crippen LogP contribution in [0, 0.1) is 11.3 Å². The molecule has 6 heteroatoms. The van der Waals surface area contributed by atoms with E-state index in [0.29, 0.717) is 28.3 Å². The number of benzene rings is 3. The van der Waals surface area contributed by atoms with Gasteiger partial charge in [-0.3, -0.25) is 9.59 Å². The highest BCUT2D eigenvalue weighted by atomic mass is 16.5. The van der Waals surface area contributed by atoms with E-state index in [0.717, 1.165) is 5.56 Å². The summed E-state index contributed by atoms with van der Waals surface area (Å²) in [7, 11) is 1.58. The topological polar surface area (TPSA) is 91.2 Å². The maximum atomic E-state index is 12.3. The molecular formula is C24H19N3O3. The zero-order valence-electron chi connectivity index (χ0n) is 16.3. The van der Waals surface area contributed by atoms with Crippen molar-refractivity contribution in [2.45, 2.75) is 0 Å². The maximum absolute atomic E-state index is 12.3. The molecule has 0 fully saturated rings. The molecule has 148 valence electrons. The number of nitrogens with zero attached hydrogens (tertiary/aromatic N) is 1. The Hall–Kier alpha value is -4.37. The molecule has 0 heterocycles. The number of carbonyl (C=O) groups is 2. The van der Waals surface area contributed by atoms with Gasteiger partial charge in [0, 0.05) is 23.0 Å². The summed E-state index contributed by atoms with van der Waals surface area (Å²) in [4.78, 5) is 24.4. The molecule has 0 saturated carbocycles. The molecular weight excluding hydrogens is 378 g/mol. The van der Waals surface area contributed by atoms with Crippen LogP contribution in [-0.4, -0.2) is 18.9 Å². The van der Waals surface area contributed by atoms with Gasteiger partial charge in [0.1, 0.15) is 5.75 Å². The second-order valence-electron chi connectivity index (χ2n) is 6.32. The smallest absolute Gasteiger partial charge is 0.255 e. The average Bonchev–Trinajstić information content (AvgIpc) is 2.79. The van der Waals surface area contributed by atoms with Gasteiger partial charge in [-0.15, -0.1) is 0 Å². The third-order valence-electron chi connectivity index (χ3n) is 4.23. The average molecular weight is 397 g/mol. The molecule has 0 atom stereocenters. The molecule has 2 N–H and O–H groups in total. The predicted molar refractivity (Wildman–Crippen MR) is 116 cm³/mol. The molecule has 2 amide bonds. The molecule has 3 aromatic rings. The van der Waals surface area contributed by atoms with Crippen molar-refractivity contribution < 1.29 is 14.3 Å². The minimum absolute atomic E-state index is 0.251. The van der Waals surface area contributed by atoms with Crippen LogP contribution in [0.1, 0.15) is 21.5 Å². The van der Waals surface area contributed by atoms with E-state index in [1.165, 1.54) is 6.08 Å². The summed E-state index contributed by atoms with van der Waals surface area (Å²) in [5.74, 6) is 0.162. The standard InChI is InChI=1S/C24H19N3O3/c1-30-22-13-11-21(12-14-22)27-24(29)19-7-9-20(10-8-19)26-23(28)15-6-17-2-4-18(16-25)5-3-17/h2-15H,1H3,(H,26,28)(H,27,29)/b15-6+. The Bertz CT molecular complexity index is 1090. The second kappa shape index (κ2) is 9.71. The number of amides is 2. The van der Waals surface area contributed by atoms with Crippen molar-refractivity contribution in [1.82, 2.24) is 0 Å². The number of nitrogens with one attached hydrogen (secondary N) is 2. The molecule has 0 unspecified atom stereocenters. The minimum atomic E-state index is -0.296. The first-order valence-corrected chi connectivity index (χ1v) is 9.12. The molecule has 30 heavy (non-hydrogen) atoms. The third kappa shape index (κ3) is 5.57. The molecule has 6 nitrogen and oxygen atoms in total. The number of anilines is 2. The van der Waals surface area contributed by atoms with Gasteiger partial charge >= 0.3 is 0 Å². The number of ether oxygens (including phenoxy) is 1. The fourth-order valence-electron chi connectivity index (χ4n) is 2.61.